The molecule has 0 N–H and O–H groups in total. The van der Waals surface area contributed by atoms with E-state index in [0.717, 1.165) is 58.9 Å². The number of fused-ring (bicyclic) bond motifs is 5. The maximum Gasteiger partial charge on any atom is 0.115 e. The molecule has 0 radical (unpaired) electrons. The number of rotatable bonds is 5. The molecule has 9 nitrogen and oxygen atoms in total. The van der Waals surface area contributed by atoms with Gasteiger partial charge in [-0.15, -0.1) is 0 Å². The second-order valence-electron chi connectivity index (χ2n) is 18.6. The first-order chi connectivity index (χ1) is 35.4. The van der Waals surface area contributed by atoms with Crippen molar-refractivity contribution in [2.45, 2.75) is 248 Å². The van der Waals surface area contributed by atoms with Crippen LogP contribution in [-0.2, 0) is 65.3 Å². The molecule has 0 amide bonds. The van der Waals surface area contributed by atoms with Crippen molar-refractivity contribution in [2.24, 2.45) is 0 Å². The monoisotopic (exact) mass is 1000 g/mol. The Labute approximate surface area is 450 Å². The van der Waals surface area contributed by atoms with Gasteiger partial charge in [0.1, 0.15) is 6.33 Å². The van der Waals surface area contributed by atoms with Gasteiger partial charge in [-0.05, 0) is 127 Å². The number of nitrogens with zero attached hydrogens (tertiary/aromatic N) is 9. The van der Waals surface area contributed by atoms with E-state index in [4.69, 9.17) is 0 Å². The average Bonchev–Trinajstić information content (AvgIpc) is 4.28. The lowest BCUT2D eigenvalue weighted by atomic mass is 9.99. The van der Waals surface area contributed by atoms with Crippen molar-refractivity contribution in [1.29, 1.82) is 0 Å². The van der Waals surface area contributed by atoms with E-state index >= 15 is 0 Å². The predicted octanol–water partition coefficient (Wildman–Crippen LogP) is 15.8. The van der Waals surface area contributed by atoms with Gasteiger partial charge in [0.05, 0.1) is 11.4 Å². The largest absolute Gasteiger partial charge is 0.296 e. The van der Waals surface area contributed by atoms with Gasteiger partial charge in [0.25, 0.3) is 0 Å². The van der Waals surface area contributed by atoms with Crippen LogP contribution in [-0.4, -0.2) is 81.2 Å². The predicted molar refractivity (Wildman–Crippen MR) is 318 cm³/mol. The van der Waals surface area contributed by atoms with Gasteiger partial charge in [0.2, 0.25) is 0 Å². The Morgan fingerprint density at radius 1 is 0.315 bits per heavy atom. The maximum atomic E-state index is 4.35. The first-order valence-corrected chi connectivity index (χ1v) is 28.8. The van der Waals surface area contributed by atoms with Gasteiger partial charge in [0.15, 0.2) is 0 Å². The van der Waals surface area contributed by atoms with Crippen molar-refractivity contribution < 1.29 is 0 Å². The summed E-state index contributed by atoms with van der Waals surface area (Å²) in [5, 5.41) is 0. The highest BCUT2D eigenvalue weighted by atomic mass is 15.2. The van der Waals surface area contributed by atoms with Crippen molar-refractivity contribution in [3.05, 3.63) is 154 Å². The van der Waals surface area contributed by atoms with Crippen molar-refractivity contribution in [2.75, 3.05) is 6.54 Å². The van der Waals surface area contributed by atoms with Crippen molar-refractivity contribution >= 4 is 0 Å². The van der Waals surface area contributed by atoms with Gasteiger partial charge in [-0.3, -0.25) is 34.5 Å². The van der Waals surface area contributed by atoms with Crippen LogP contribution in [0.5, 0.6) is 0 Å². The summed E-state index contributed by atoms with van der Waals surface area (Å²) in [5.41, 5.74) is 14.0. The summed E-state index contributed by atoms with van der Waals surface area (Å²) in [7, 11) is 0. The molecule has 0 atom stereocenters. The van der Waals surface area contributed by atoms with E-state index in [1.54, 1.807) is 11.9 Å². The summed E-state index contributed by atoms with van der Waals surface area (Å²) in [6.07, 6.45) is 10.5. The Balaban J connectivity index is 0.000000843. The third kappa shape index (κ3) is 23.4. The minimum absolute atomic E-state index is 0.596. The van der Waals surface area contributed by atoms with E-state index in [1.807, 2.05) is 114 Å². The molecule has 0 bridgehead atoms. The highest BCUT2D eigenvalue weighted by molar-refractivity contribution is 5.31. The number of hydrogen-bond acceptors (Lipinski definition) is 9. The van der Waals surface area contributed by atoms with Gasteiger partial charge in [-0.25, -0.2) is 9.97 Å². The Kier molecular flexibility index (Phi) is 37.6. The Bertz CT molecular complexity index is 1780. The molecule has 3 aromatic heterocycles. The molecule has 5 aromatic rings. The van der Waals surface area contributed by atoms with Crippen LogP contribution in [0.15, 0.2) is 97.8 Å². The minimum atomic E-state index is 0.596. The summed E-state index contributed by atoms with van der Waals surface area (Å²) in [5.74, 6) is 0. The molecule has 2 aromatic carbocycles. The van der Waals surface area contributed by atoms with Gasteiger partial charge >= 0.3 is 0 Å². The second-order valence-corrected chi connectivity index (χ2v) is 18.6. The van der Waals surface area contributed by atoms with Gasteiger partial charge < -0.3 is 0 Å². The van der Waals surface area contributed by atoms with Crippen molar-refractivity contribution in [3.8, 4) is 0 Å². The van der Waals surface area contributed by atoms with E-state index in [2.05, 4.69) is 174 Å². The summed E-state index contributed by atoms with van der Waals surface area (Å²) >= 11 is 0. The molecule has 0 spiro atoms. The average molecular weight is 1000 g/mol. The molecule has 0 unspecified atom stereocenters. The Hall–Kier alpha value is -4.38. The van der Waals surface area contributed by atoms with E-state index in [1.165, 1.54) is 63.3 Å². The number of hydrogen-bond donors (Lipinski definition) is 0. The topological polar surface area (TPSA) is 67.8 Å². The number of aromatic nitrogens is 4. The van der Waals surface area contributed by atoms with Crippen LogP contribution in [0.2, 0.25) is 0 Å². The molecule has 410 valence electrons. The van der Waals surface area contributed by atoms with E-state index in [9.17, 15) is 0 Å². The van der Waals surface area contributed by atoms with E-state index < -0.39 is 0 Å². The zero-order chi connectivity index (χ0) is 55.5. The zero-order valence-corrected chi connectivity index (χ0v) is 50.9. The van der Waals surface area contributed by atoms with Crippen molar-refractivity contribution in [3.63, 3.8) is 0 Å². The fourth-order valence-corrected chi connectivity index (χ4v) is 8.37. The van der Waals surface area contributed by atoms with Gasteiger partial charge in [-0.2, -0.15) is 0 Å². The highest BCUT2D eigenvalue weighted by Gasteiger charge is 2.24. The molecular weight excluding hydrogens is 895 g/mol. The number of pyridine rings is 2. The molecule has 0 fully saturated rings. The van der Waals surface area contributed by atoms with Crippen LogP contribution in [0.1, 0.15) is 208 Å². The summed E-state index contributed by atoms with van der Waals surface area (Å²) in [4.78, 5) is 29.0. The Morgan fingerprint density at radius 2 is 0.658 bits per heavy atom. The minimum Gasteiger partial charge on any atom is -0.296 e. The van der Waals surface area contributed by atoms with Crippen LogP contribution < -0.4 is 0 Å². The lowest BCUT2D eigenvalue weighted by Crippen LogP contribution is -2.35. The molecule has 10 rings (SSSR count). The molecule has 0 saturated heterocycles. The highest BCUT2D eigenvalue weighted by Crippen LogP contribution is 2.26. The molecule has 8 heterocycles. The van der Waals surface area contributed by atoms with Crippen LogP contribution in [0, 0.1) is 0 Å². The van der Waals surface area contributed by atoms with Crippen molar-refractivity contribution in [1.82, 2.24) is 44.4 Å². The lowest BCUT2D eigenvalue weighted by Gasteiger charge is -2.31. The molecular formula is C64H109N9. The molecule has 9 heteroatoms. The van der Waals surface area contributed by atoms with Crippen LogP contribution in [0.3, 0.4) is 0 Å². The standard InChI is InChI=1S/C12H17N.C11H15N.2C10H14N2.C9H13N3.6C2H6/c1-10(2)13-8-7-11-5-3-4-6-12(11)9-13;1-9(2)12-7-10-5-3-4-6-11(10)8-12;1-8(2)12-6-9-3-4-11-5-10(9)7-12;1-8(2)12-6-9-4-3-5-11-10(9)7-12;1-7(2)12-4-8-3-10-6-11-9(8)5-12;6*1-2/h3-6,10H,7-9H2,1-2H3;3-6,9H,7-8H2,1-2H3;2*3-5,8H,6-7H2,1-2H3;3,6-7H,4-5H2,1-2H3;6*1-2H3. The van der Waals surface area contributed by atoms with E-state index in [-0.39, 0.29) is 0 Å². The third-order valence-corrected chi connectivity index (χ3v) is 12.7. The molecule has 5 aliphatic heterocycles. The quantitative estimate of drug-likeness (QED) is 0.171. The number of benzene rings is 2. The van der Waals surface area contributed by atoms with Gasteiger partial charge in [-0.1, -0.05) is 138 Å². The smallest absolute Gasteiger partial charge is 0.115 e. The lowest BCUT2D eigenvalue weighted by molar-refractivity contribution is 0.203. The van der Waals surface area contributed by atoms with Crippen LogP contribution >= 0.6 is 0 Å². The first kappa shape index (κ1) is 68.6. The fourth-order valence-electron chi connectivity index (χ4n) is 8.37. The van der Waals surface area contributed by atoms with Crippen LogP contribution in [0.4, 0.5) is 0 Å². The summed E-state index contributed by atoms with van der Waals surface area (Å²) < 4.78 is 0. The molecule has 0 saturated carbocycles. The zero-order valence-electron chi connectivity index (χ0n) is 50.9. The molecule has 73 heavy (non-hydrogen) atoms. The molecule has 5 aliphatic rings. The van der Waals surface area contributed by atoms with E-state index in [0.29, 0.717) is 30.2 Å². The maximum absolute atomic E-state index is 4.35. The fraction of sp³-hybridized carbons (Fsp3) is 0.594. The first-order valence-electron chi connectivity index (χ1n) is 28.8. The second kappa shape index (κ2) is 40.0. The Morgan fingerprint density at radius 3 is 1.10 bits per heavy atom. The molecule has 0 aliphatic carbocycles. The summed E-state index contributed by atoms with van der Waals surface area (Å²) in [6.45, 7) is 57.3. The SMILES string of the molecule is CC.CC.CC.CC.CC.CC.CC(C)N1CCc2ccccc2C1.CC(C)N1Cc2ccccc2C1.CC(C)N1Cc2cccnc2C1.CC(C)N1Cc2ccncc2C1.CC(C)N1Cc2cncnc2C1. The normalized spacial score (nSPS) is 14.7. The third-order valence-electron chi connectivity index (χ3n) is 12.7. The van der Waals surface area contributed by atoms with Crippen LogP contribution in [0.25, 0.3) is 0 Å². The summed E-state index contributed by atoms with van der Waals surface area (Å²) in [6, 6.07) is 27.0. The van der Waals surface area contributed by atoms with Gasteiger partial charge in [0, 0.05) is 126 Å².